The second-order valence-electron chi connectivity index (χ2n) is 2.97. The molecule has 0 spiro atoms. The minimum absolute atomic E-state index is 0.391. The van der Waals surface area contributed by atoms with Gasteiger partial charge in [-0.05, 0) is 33.4 Å². The van der Waals surface area contributed by atoms with E-state index >= 15 is 0 Å². The summed E-state index contributed by atoms with van der Waals surface area (Å²) in [5.41, 5.74) is 5.60. The molecule has 0 amide bonds. The van der Waals surface area contributed by atoms with Crippen molar-refractivity contribution in [1.29, 1.82) is 0 Å². The molecule has 0 atom stereocenters. The predicted molar refractivity (Wildman–Crippen MR) is 67.3 cm³/mol. The maximum atomic E-state index is 5.60. The molecular formula is C9H5BrN2OS2. The van der Waals surface area contributed by atoms with Crippen molar-refractivity contribution < 1.29 is 4.52 Å². The quantitative estimate of drug-likeness (QED) is 0.740. The monoisotopic (exact) mass is 300 g/mol. The van der Waals surface area contributed by atoms with Crippen molar-refractivity contribution in [2.75, 3.05) is 5.73 Å². The highest BCUT2D eigenvalue weighted by molar-refractivity contribution is 9.10. The molecule has 6 heteroatoms. The number of nitrogen functional groups attached to an aromatic ring is 1. The molecule has 3 rings (SSSR count). The Morgan fingerprint density at radius 1 is 1.40 bits per heavy atom. The van der Waals surface area contributed by atoms with Crippen molar-refractivity contribution in [3.63, 3.8) is 0 Å². The molecule has 3 aromatic rings. The Morgan fingerprint density at radius 2 is 2.27 bits per heavy atom. The van der Waals surface area contributed by atoms with Crippen LogP contribution in [0.25, 0.3) is 20.0 Å². The summed E-state index contributed by atoms with van der Waals surface area (Å²) in [7, 11) is 0. The van der Waals surface area contributed by atoms with Gasteiger partial charge in [-0.2, -0.15) is 0 Å². The second kappa shape index (κ2) is 3.33. The molecule has 0 aliphatic rings. The number of anilines is 1. The zero-order chi connectivity index (χ0) is 10.4. The van der Waals surface area contributed by atoms with E-state index in [4.69, 9.17) is 10.3 Å². The predicted octanol–water partition coefficient (Wildman–Crippen LogP) is 3.96. The summed E-state index contributed by atoms with van der Waals surface area (Å²) in [4.78, 5) is 1.05. The minimum atomic E-state index is 0.391. The zero-order valence-corrected chi connectivity index (χ0v) is 10.6. The van der Waals surface area contributed by atoms with Crippen LogP contribution >= 0.6 is 38.6 Å². The molecule has 3 aromatic heterocycles. The van der Waals surface area contributed by atoms with Crippen molar-refractivity contribution in [3.05, 3.63) is 22.0 Å². The molecule has 76 valence electrons. The van der Waals surface area contributed by atoms with E-state index in [9.17, 15) is 0 Å². The summed E-state index contributed by atoms with van der Waals surface area (Å²) in [5, 5.41) is 5.79. The van der Waals surface area contributed by atoms with Gasteiger partial charge >= 0.3 is 0 Å². The molecule has 0 saturated carbocycles. The van der Waals surface area contributed by atoms with Gasteiger partial charge in [-0.3, -0.25) is 0 Å². The van der Waals surface area contributed by atoms with Crippen LogP contribution in [0.5, 0.6) is 0 Å². The molecule has 0 unspecified atom stereocenters. The molecule has 3 nitrogen and oxygen atoms in total. The van der Waals surface area contributed by atoms with Gasteiger partial charge in [-0.25, -0.2) is 0 Å². The third kappa shape index (κ3) is 1.40. The molecule has 0 fully saturated rings. The van der Waals surface area contributed by atoms with Crippen LogP contribution in [0.1, 0.15) is 0 Å². The van der Waals surface area contributed by atoms with Crippen molar-refractivity contribution in [2.24, 2.45) is 0 Å². The summed E-state index contributed by atoms with van der Waals surface area (Å²) in [5.74, 6) is 1.10. The highest BCUT2D eigenvalue weighted by atomic mass is 79.9. The first-order valence-corrected chi connectivity index (χ1v) is 6.62. The van der Waals surface area contributed by atoms with Gasteiger partial charge in [0.2, 0.25) is 0 Å². The van der Waals surface area contributed by atoms with Crippen LogP contribution in [0.3, 0.4) is 0 Å². The van der Waals surface area contributed by atoms with Gasteiger partial charge < -0.3 is 10.3 Å². The number of halogens is 1. The number of hydrogen-bond donors (Lipinski definition) is 1. The van der Waals surface area contributed by atoms with E-state index in [0.29, 0.717) is 11.6 Å². The molecular weight excluding hydrogens is 296 g/mol. The third-order valence-corrected chi connectivity index (χ3v) is 4.88. The Balaban J connectivity index is 2.21. The summed E-state index contributed by atoms with van der Waals surface area (Å²) >= 11 is 6.75. The lowest BCUT2D eigenvalue weighted by atomic mass is 10.3. The average Bonchev–Trinajstić information content (AvgIpc) is 2.82. The maximum Gasteiger partial charge on any atom is 0.193 e. The molecule has 0 aliphatic heterocycles. The van der Waals surface area contributed by atoms with Crippen LogP contribution in [-0.4, -0.2) is 5.16 Å². The molecule has 0 saturated heterocycles. The minimum Gasteiger partial charge on any atom is -0.380 e. The van der Waals surface area contributed by atoms with Crippen molar-refractivity contribution >= 4 is 53.8 Å². The van der Waals surface area contributed by atoms with Gasteiger partial charge in [0, 0.05) is 9.40 Å². The maximum absolute atomic E-state index is 5.60. The number of aromatic nitrogens is 1. The third-order valence-electron chi connectivity index (χ3n) is 2.02. The Morgan fingerprint density at radius 3 is 2.93 bits per heavy atom. The van der Waals surface area contributed by atoms with E-state index in [1.165, 1.54) is 9.40 Å². The first-order valence-electron chi connectivity index (χ1n) is 4.14. The Bertz CT molecular complexity index is 596. The highest BCUT2D eigenvalue weighted by Gasteiger charge is 2.15. The second-order valence-corrected chi connectivity index (χ2v) is 5.80. The van der Waals surface area contributed by atoms with Crippen LogP contribution < -0.4 is 5.73 Å². The topological polar surface area (TPSA) is 52.0 Å². The van der Waals surface area contributed by atoms with E-state index in [0.717, 1.165) is 9.35 Å². The lowest BCUT2D eigenvalue weighted by Gasteiger charge is -1.88. The van der Waals surface area contributed by atoms with E-state index < -0.39 is 0 Å². The molecule has 0 bridgehead atoms. The number of nitrogens with two attached hydrogens (primary N) is 1. The van der Waals surface area contributed by atoms with Crippen LogP contribution in [-0.2, 0) is 0 Å². The van der Waals surface area contributed by atoms with E-state index in [-0.39, 0.29) is 0 Å². The van der Waals surface area contributed by atoms with E-state index in [1.807, 2.05) is 0 Å². The Hall–Kier alpha value is -0.850. The molecule has 3 heterocycles. The first kappa shape index (κ1) is 9.38. The lowest BCUT2D eigenvalue weighted by molar-refractivity contribution is 0.436. The van der Waals surface area contributed by atoms with Gasteiger partial charge in [0.1, 0.15) is 4.47 Å². The van der Waals surface area contributed by atoms with Crippen LogP contribution in [0.15, 0.2) is 26.5 Å². The molecule has 2 N–H and O–H groups in total. The summed E-state index contributed by atoms with van der Waals surface area (Å²) < 4.78 is 8.43. The average molecular weight is 301 g/mol. The fourth-order valence-corrected chi connectivity index (χ4v) is 3.90. The van der Waals surface area contributed by atoms with E-state index in [1.54, 1.807) is 22.7 Å². The normalized spacial score (nSPS) is 11.3. The molecule has 15 heavy (non-hydrogen) atoms. The van der Waals surface area contributed by atoms with Gasteiger partial charge in [0.25, 0.3) is 0 Å². The van der Waals surface area contributed by atoms with Gasteiger partial charge in [0.05, 0.1) is 4.88 Å². The summed E-state index contributed by atoms with van der Waals surface area (Å²) in [6.07, 6.45) is 0. The fourth-order valence-electron chi connectivity index (χ4n) is 1.32. The van der Waals surface area contributed by atoms with E-state index in [2.05, 4.69) is 38.6 Å². The van der Waals surface area contributed by atoms with Gasteiger partial charge in [0.15, 0.2) is 11.6 Å². The lowest BCUT2D eigenvalue weighted by Crippen LogP contribution is -1.82. The summed E-state index contributed by atoms with van der Waals surface area (Å²) in [6.45, 7) is 0. The number of thiophene rings is 2. The van der Waals surface area contributed by atoms with Crippen molar-refractivity contribution in [1.82, 2.24) is 5.16 Å². The fraction of sp³-hybridized carbons (Fsp3) is 0. The van der Waals surface area contributed by atoms with Gasteiger partial charge in [-0.15, -0.1) is 22.7 Å². The van der Waals surface area contributed by atoms with Gasteiger partial charge in [-0.1, -0.05) is 5.16 Å². The largest absolute Gasteiger partial charge is 0.380 e. The van der Waals surface area contributed by atoms with Crippen molar-refractivity contribution in [2.45, 2.75) is 0 Å². The zero-order valence-electron chi connectivity index (χ0n) is 7.36. The highest BCUT2D eigenvalue weighted by Crippen LogP contribution is 2.40. The molecule has 0 aliphatic carbocycles. The number of fused-ring (bicyclic) bond motifs is 1. The van der Waals surface area contributed by atoms with Crippen LogP contribution in [0.2, 0.25) is 0 Å². The smallest absolute Gasteiger partial charge is 0.193 e. The number of rotatable bonds is 1. The standard InChI is InChI=1S/C9H5BrN2OS2/c10-7-8(13-12-9(7)11)6-3-5-4(15-6)1-2-14-5/h1-3H,(H2,11,12). The SMILES string of the molecule is Nc1noc(-c2cc3sccc3s2)c1Br. The number of hydrogen-bond acceptors (Lipinski definition) is 5. The number of nitrogens with zero attached hydrogens (tertiary/aromatic N) is 1. The summed E-state index contributed by atoms with van der Waals surface area (Å²) in [6, 6.07) is 4.19. The van der Waals surface area contributed by atoms with Crippen LogP contribution in [0, 0.1) is 0 Å². The van der Waals surface area contributed by atoms with Crippen molar-refractivity contribution in [3.8, 4) is 10.6 Å². The Labute approximate surface area is 102 Å². The molecule has 0 radical (unpaired) electrons. The van der Waals surface area contributed by atoms with Crippen LogP contribution in [0.4, 0.5) is 5.82 Å². The molecule has 0 aromatic carbocycles. The first-order chi connectivity index (χ1) is 7.25. The Kier molecular flexibility index (Phi) is 2.08.